The van der Waals surface area contributed by atoms with E-state index in [-0.39, 0.29) is 16.7 Å². The summed E-state index contributed by atoms with van der Waals surface area (Å²) in [6, 6.07) is 3.27. The molecule has 7 rings (SSSR count). The number of alkyl halides is 3. The van der Waals surface area contributed by atoms with Crippen molar-refractivity contribution >= 4 is 32.3 Å². The Hall–Kier alpha value is -3.40. The number of piperidine rings is 1. The van der Waals surface area contributed by atoms with E-state index in [0.29, 0.717) is 16.2 Å². The Balaban J connectivity index is 1.13. The third kappa shape index (κ3) is 4.46. The number of pyridine rings is 1. The van der Waals surface area contributed by atoms with Gasteiger partial charge in [-0.05, 0) is 92.7 Å². The third-order valence-electron chi connectivity index (χ3n) is 8.42. The summed E-state index contributed by atoms with van der Waals surface area (Å²) < 4.78 is 49.9. The maximum absolute atomic E-state index is 13.0. The van der Waals surface area contributed by atoms with Crippen molar-refractivity contribution in [3.8, 4) is 17.0 Å². The normalized spacial score (nSPS) is 18.8. The first-order chi connectivity index (χ1) is 19.1. The Kier molecular flexibility index (Phi) is 5.79. The highest BCUT2D eigenvalue weighted by Gasteiger charge is 2.44. The first-order valence-corrected chi connectivity index (χ1v) is 14.5. The van der Waals surface area contributed by atoms with Gasteiger partial charge in [-0.1, -0.05) is 22.6 Å². The lowest BCUT2D eigenvalue weighted by atomic mass is 9.63. The maximum Gasteiger partial charge on any atom is 0.573 e. The number of allylic oxidation sites excluding steroid dienone is 2. The van der Waals surface area contributed by atoms with Gasteiger partial charge in [0.05, 0.1) is 4.70 Å². The van der Waals surface area contributed by atoms with Gasteiger partial charge in [0.15, 0.2) is 10.9 Å². The van der Waals surface area contributed by atoms with Crippen molar-refractivity contribution in [1.82, 2.24) is 15.1 Å². The maximum atomic E-state index is 13.0. The highest BCUT2D eigenvalue weighted by atomic mass is 32.1. The minimum absolute atomic E-state index is 0.112. The summed E-state index contributed by atoms with van der Waals surface area (Å²) >= 11 is 1.42. The largest absolute Gasteiger partial charge is 0.573 e. The number of aromatic nitrogens is 3. The molecule has 0 bridgehead atoms. The van der Waals surface area contributed by atoms with Crippen LogP contribution >= 0.6 is 11.3 Å². The summed E-state index contributed by atoms with van der Waals surface area (Å²) in [5.74, 6) is 1.23. The van der Waals surface area contributed by atoms with Gasteiger partial charge in [0.2, 0.25) is 0 Å². The molecule has 1 aliphatic heterocycles. The zero-order valence-corrected chi connectivity index (χ0v) is 23.4. The van der Waals surface area contributed by atoms with E-state index in [4.69, 9.17) is 4.52 Å². The van der Waals surface area contributed by atoms with Gasteiger partial charge in [0, 0.05) is 42.5 Å². The molecule has 0 unspecified atom stereocenters. The summed E-state index contributed by atoms with van der Waals surface area (Å²) in [5, 5.41) is 5.32. The summed E-state index contributed by atoms with van der Waals surface area (Å²) in [5.41, 5.74) is 7.80. The van der Waals surface area contributed by atoms with Crippen LogP contribution in [0.5, 0.6) is 5.75 Å². The van der Waals surface area contributed by atoms with Crippen molar-refractivity contribution in [3.05, 3.63) is 58.6 Å². The van der Waals surface area contributed by atoms with E-state index in [1.807, 2.05) is 18.5 Å². The Labute approximate surface area is 233 Å². The van der Waals surface area contributed by atoms with Gasteiger partial charge < -0.3 is 14.2 Å². The van der Waals surface area contributed by atoms with Crippen molar-refractivity contribution in [1.29, 1.82) is 0 Å². The molecule has 2 fully saturated rings. The molecule has 0 N–H and O–H groups in total. The molecular weight excluding hydrogens is 537 g/mol. The van der Waals surface area contributed by atoms with Crippen LogP contribution in [0, 0.1) is 26.2 Å². The van der Waals surface area contributed by atoms with E-state index in [1.165, 1.54) is 28.5 Å². The lowest BCUT2D eigenvalue weighted by Crippen LogP contribution is -2.42. The fourth-order valence-corrected chi connectivity index (χ4v) is 7.42. The van der Waals surface area contributed by atoms with Crippen molar-refractivity contribution in [3.63, 3.8) is 0 Å². The van der Waals surface area contributed by atoms with Gasteiger partial charge in [-0.25, -0.2) is 4.98 Å². The highest BCUT2D eigenvalue weighted by molar-refractivity contribution is 7.22. The van der Waals surface area contributed by atoms with Crippen molar-refractivity contribution < 1.29 is 22.4 Å². The van der Waals surface area contributed by atoms with Crippen LogP contribution in [-0.4, -0.2) is 34.6 Å². The molecule has 1 spiro atoms. The van der Waals surface area contributed by atoms with Crippen LogP contribution in [0.1, 0.15) is 66.0 Å². The van der Waals surface area contributed by atoms with E-state index >= 15 is 0 Å². The Morgan fingerprint density at radius 2 is 1.75 bits per heavy atom. The Morgan fingerprint density at radius 3 is 2.40 bits per heavy atom. The number of benzene rings is 1. The van der Waals surface area contributed by atoms with Crippen LogP contribution in [-0.2, 0) is 0 Å². The first-order valence-electron chi connectivity index (χ1n) is 13.6. The number of aryl methyl sites for hydroxylation is 3. The zero-order valence-electron chi connectivity index (χ0n) is 22.6. The second kappa shape index (κ2) is 9.06. The van der Waals surface area contributed by atoms with Crippen molar-refractivity contribution in [2.75, 3.05) is 18.0 Å². The molecule has 3 aromatic heterocycles. The van der Waals surface area contributed by atoms with Crippen LogP contribution in [0.2, 0.25) is 0 Å². The van der Waals surface area contributed by atoms with Crippen LogP contribution in [0.4, 0.5) is 18.3 Å². The molecule has 4 aromatic rings. The number of ether oxygens (including phenoxy) is 1. The van der Waals surface area contributed by atoms with Crippen LogP contribution in [0.25, 0.3) is 27.0 Å². The molecule has 1 aromatic carbocycles. The number of fused-ring (bicyclic) bond motifs is 1. The fourth-order valence-electron chi connectivity index (χ4n) is 6.28. The number of nitrogens with zero attached hydrogens (tertiary/aromatic N) is 4. The van der Waals surface area contributed by atoms with Gasteiger partial charge in [-0.2, -0.15) is 0 Å². The number of thiazole rings is 1. The molecule has 208 valence electrons. The minimum Gasteiger partial charge on any atom is -0.403 e. The van der Waals surface area contributed by atoms with Gasteiger partial charge in [-0.3, -0.25) is 4.98 Å². The smallest absolute Gasteiger partial charge is 0.403 e. The predicted octanol–water partition coefficient (Wildman–Crippen LogP) is 8.12. The lowest BCUT2D eigenvalue weighted by molar-refractivity contribution is -0.274. The summed E-state index contributed by atoms with van der Waals surface area (Å²) in [6.45, 7) is 7.50. The van der Waals surface area contributed by atoms with E-state index in [1.54, 1.807) is 6.92 Å². The van der Waals surface area contributed by atoms with E-state index in [0.717, 1.165) is 78.5 Å². The second-order valence-electron chi connectivity index (χ2n) is 11.5. The van der Waals surface area contributed by atoms with Gasteiger partial charge >= 0.3 is 6.36 Å². The number of hydrogen-bond donors (Lipinski definition) is 0. The third-order valence-corrected chi connectivity index (χ3v) is 9.48. The van der Waals surface area contributed by atoms with Crippen molar-refractivity contribution in [2.24, 2.45) is 5.41 Å². The number of anilines is 1. The molecule has 0 atom stereocenters. The molecule has 1 saturated heterocycles. The van der Waals surface area contributed by atoms with Crippen LogP contribution in [0.3, 0.4) is 0 Å². The molecule has 10 heteroatoms. The number of rotatable bonds is 5. The summed E-state index contributed by atoms with van der Waals surface area (Å²) in [7, 11) is 0. The van der Waals surface area contributed by atoms with Crippen LogP contribution in [0.15, 0.2) is 35.1 Å². The molecule has 3 aliphatic rings. The number of hydrogen-bond acceptors (Lipinski definition) is 7. The Morgan fingerprint density at radius 1 is 1.05 bits per heavy atom. The summed E-state index contributed by atoms with van der Waals surface area (Å²) in [6.07, 6.45) is 6.61. The minimum atomic E-state index is -4.76. The quantitative estimate of drug-likeness (QED) is 0.243. The SMILES string of the molecule is Cc1cc(OC(F)(F)F)c2nc(N3CCC4(C=C(c5c(-c6c(C)cncc6C)noc5C5CC5)C4)CC3)sc2c1. The highest BCUT2D eigenvalue weighted by Crippen LogP contribution is 2.56. The molecule has 0 amide bonds. The van der Waals surface area contributed by atoms with Crippen molar-refractivity contribution in [2.45, 2.75) is 65.2 Å². The molecule has 1 saturated carbocycles. The average molecular weight is 567 g/mol. The summed E-state index contributed by atoms with van der Waals surface area (Å²) in [4.78, 5) is 11.1. The molecular formula is C30H29F3N4O2S. The average Bonchev–Trinajstić information content (AvgIpc) is 3.48. The van der Waals surface area contributed by atoms with E-state index in [9.17, 15) is 13.2 Å². The van der Waals surface area contributed by atoms with Gasteiger partial charge in [-0.15, -0.1) is 13.2 Å². The second-order valence-corrected chi connectivity index (χ2v) is 12.6. The Bertz CT molecular complexity index is 1640. The number of halogens is 3. The first kappa shape index (κ1) is 25.6. The molecule has 40 heavy (non-hydrogen) atoms. The topological polar surface area (TPSA) is 64.3 Å². The molecule has 0 radical (unpaired) electrons. The van der Waals surface area contributed by atoms with E-state index < -0.39 is 6.36 Å². The standard InChI is InChI=1S/C30H29F3N4O2S/c1-16-10-21(38-30(31,32)33)25-22(11-16)40-28(35-25)37-8-6-29(7-9-37)12-20(13-29)24-26(36-39-27(24)19-4-5-19)23-17(2)14-34-15-18(23)3/h10-12,14-15,19H,4-9,13H2,1-3H3. The fraction of sp³-hybridized carbons (Fsp3) is 0.433. The van der Waals surface area contributed by atoms with E-state index in [2.05, 4.69) is 44.7 Å². The predicted molar refractivity (Wildman–Crippen MR) is 149 cm³/mol. The molecule has 2 aliphatic carbocycles. The monoisotopic (exact) mass is 566 g/mol. The molecule has 4 heterocycles. The van der Waals surface area contributed by atoms with Gasteiger partial charge in [0.25, 0.3) is 0 Å². The lowest BCUT2D eigenvalue weighted by Gasteiger charge is -2.46. The van der Waals surface area contributed by atoms with Crippen LogP contribution < -0.4 is 9.64 Å². The van der Waals surface area contributed by atoms with Gasteiger partial charge in [0.1, 0.15) is 17.0 Å². The zero-order chi connectivity index (χ0) is 27.8. The molecule has 6 nitrogen and oxygen atoms in total.